The van der Waals surface area contributed by atoms with Crippen molar-refractivity contribution in [2.24, 2.45) is 5.92 Å². The van der Waals surface area contributed by atoms with E-state index in [9.17, 15) is 0 Å². The van der Waals surface area contributed by atoms with Crippen molar-refractivity contribution in [2.45, 2.75) is 25.2 Å². The van der Waals surface area contributed by atoms with Gasteiger partial charge in [0.15, 0.2) is 0 Å². The van der Waals surface area contributed by atoms with E-state index in [0.717, 1.165) is 30.7 Å². The second-order valence-corrected chi connectivity index (χ2v) is 5.09. The van der Waals surface area contributed by atoms with Gasteiger partial charge < -0.3 is 10.1 Å². The summed E-state index contributed by atoms with van der Waals surface area (Å²) in [6.07, 6.45) is 3.71. The summed E-state index contributed by atoms with van der Waals surface area (Å²) in [5.74, 6) is 2.36. The minimum Gasteiger partial charge on any atom is -0.381 e. The van der Waals surface area contributed by atoms with Crippen LogP contribution in [0.2, 0.25) is 0 Å². The first-order valence-corrected chi connectivity index (χ1v) is 6.34. The lowest BCUT2D eigenvalue weighted by Gasteiger charge is -2.06. The third kappa shape index (κ3) is 2.29. The van der Waals surface area contributed by atoms with Gasteiger partial charge in [-0.05, 0) is 19.3 Å². The van der Waals surface area contributed by atoms with Crippen LogP contribution >= 0.6 is 11.5 Å². The maximum atomic E-state index is 5.33. The molecule has 15 heavy (non-hydrogen) atoms. The average molecular weight is 225 g/mol. The molecular weight excluding hydrogens is 210 g/mol. The van der Waals surface area contributed by atoms with Crippen molar-refractivity contribution in [1.29, 1.82) is 0 Å². The Morgan fingerprint density at radius 2 is 2.33 bits per heavy atom. The Kier molecular flexibility index (Phi) is 2.58. The average Bonchev–Trinajstić information content (AvgIpc) is 2.82. The van der Waals surface area contributed by atoms with Gasteiger partial charge in [-0.15, -0.1) is 0 Å². The highest BCUT2D eigenvalue weighted by Crippen LogP contribution is 2.39. The van der Waals surface area contributed by atoms with Crippen LogP contribution in [-0.2, 0) is 4.74 Å². The van der Waals surface area contributed by atoms with Gasteiger partial charge in [-0.3, -0.25) is 0 Å². The standard InChI is InChI=1S/C10H15N3OS/c1-2-8(1)9-12-10(15-13-9)11-5-7-3-4-14-6-7/h7-8H,1-6H2,(H,11,12,13). The van der Waals surface area contributed by atoms with Crippen LogP contribution in [0, 0.1) is 5.92 Å². The van der Waals surface area contributed by atoms with Crippen LogP contribution in [0.15, 0.2) is 0 Å². The molecule has 4 nitrogen and oxygen atoms in total. The van der Waals surface area contributed by atoms with Crippen LogP contribution in [-0.4, -0.2) is 29.1 Å². The summed E-state index contributed by atoms with van der Waals surface area (Å²) < 4.78 is 9.69. The fraction of sp³-hybridized carbons (Fsp3) is 0.800. The lowest BCUT2D eigenvalue weighted by atomic mass is 10.1. The Balaban J connectivity index is 1.52. The topological polar surface area (TPSA) is 47.0 Å². The Morgan fingerprint density at radius 1 is 1.40 bits per heavy atom. The van der Waals surface area contributed by atoms with Crippen LogP contribution in [0.3, 0.4) is 0 Å². The minimum absolute atomic E-state index is 0.651. The van der Waals surface area contributed by atoms with E-state index in [1.54, 1.807) is 0 Å². The van der Waals surface area contributed by atoms with Crippen molar-refractivity contribution in [3.63, 3.8) is 0 Å². The van der Waals surface area contributed by atoms with Crippen molar-refractivity contribution < 1.29 is 4.74 Å². The molecule has 1 atom stereocenters. The number of hydrogen-bond acceptors (Lipinski definition) is 5. The predicted molar refractivity (Wildman–Crippen MR) is 59.3 cm³/mol. The van der Waals surface area contributed by atoms with Gasteiger partial charge in [0, 0.05) is 36.5 Å². The van der Waals surface area contributed by atoms with Crippen LogP contribution < -0.4 is 5.32 Å². The third-order valence-corrected chi connectivity index (χ3v) is 3.64. The first-order chi connectivity index (χ1) is 7.42. The molecule has 1 unspecified atom stereocenters. The molecule has 82 valence electrons. The van der Waals surface area contributed by atoms with Crippen LogP contribution in [0.5, 0.6) is 0 Å². The molecule has 0 radical (unpaired) electrons. The first kappa shape index (κ1) is 9.54. The van der Waals surface area contributed by atoms with Crippen LogP contribution in [0.1, 0.15) is 31.0 Å². The molecule has 2 fully saturated rings. The summed E-state index contributed by atoms with van der Waals surface area (Å²) in [6.45, 7) is 2.77. The number of hydrogen-bond donors (Lipinski definition) is 1. The summed E-state index contributed by atoms with van der Waals surface area (Å²) in [7, 11) is 0. The molecular formula is C10H15N3OS. The van der Waals surface area contributed by atoms with Crippen molar-refractivity contribution in [3.8, 4) is 0 Å². The fourth-order valence-electron chi connectivity index (χ4n) is 1.79. The molecule has 0 spiro atoms. The molecule has 2 heterocycles. The Hall–Kier alpha value is -0.680. The molecule has 1 aromatic heterocycles. The van der Waals surface area contributed by atoms with Crippen LogP contribution in [0.4, 0.5) is 5.13 Å². The Bertz CT molecular complexity index is 331. The number of anilines is 1. The van der Waals surface area contributed by atoms with Crippen LogP contribution in [0.25, 0.3) is 0 Å². The first-order valence-electron chi connectivity index (χ1n) is 5.57. The maximum Gasteiger partial charge on any atom is 0.202 e. The summed E-state index contributed by atoms with van der Waals surface area (Å²) in [6, 6.07) is 0. The van der Waals surface area contributed by atoms with Crippen molar-refractivity contribution in [1.82, 2.24) is 9.36 Å². The number of rotatable bonds is 4. The molecule has 1 saturated carbocycles. The highest BCUT2D eigenvalue weighted by atomic mass is 32.1. The van der Waals surface area contributed by atoms with Gasteiger partial charge in [0.1, 0.15) is 5.82 Å². The molecule has 0 bridgehead atoms. The van der Waals surface area contributed by atoms with E-state index in [0.29, 0.717) is 11.8 Å². The molecule has 1 aromatic rings. The lowest BCUT2D eigenvalue weighted by Crippen LogP contribution is -2.13. The summed E-state index contributed by atoms with van der Waals surface area (Å²) in [5.41, 5.74) is 0. The molecule has 1 aliphatic carbocycles. The van der Waals surface area contributed by atoms with Gasteiger partial charge in [-0.1, -0.05) is 0 Å². The normalized spacial score (nSPS) is 25.7. The van der Waals surface area contributed by atoms with E-state index >= 15 is 0 Å². The van der Waals surface area contributed by atoms with Crippen molar-refractivity contribution in [3.05, 3.63) is 5.82 Å². The number of nitrogens with one attached hydrogen (secondary N) is 1. The summed E-state index contributed by atoms with van der Waals surface area (Å²) in [4.78, 5) is 4.49. The minimum atomic E-state index is 0.651. The second-order valence-electron chi connectivity index (χ2n) is 4.34. The molecule has 2 aliphatic rings. The predicted octanol–water partition coefficient (Wildman–Crippen LogP) is 1.86. The highest BCUT2D eigenvalue weighted by Gasteiger charge is 2.27. The van der Waals surface area contributed by atoms with Crippen molar-refractivity contribution >= 4 is 16.7 Å². The Labute approximate surface area is 93.2 Å². The molecule has 5 heteroatoms. The molecule has 1 N–H and O–H groups in total. The summed E-state index contributed by atoms with van der Waals surface area (Å²) in [5, 5.41) is 4.33. The second kappa shape index (κ2) is 4.06. The van der Waals surface area contributed by atoms with E-state index in [-0.39, 0.29) is 0 Å². The molecule has 0 amide bonds. The molecule has 1 saturated heterocycles. The van der Waals surface area contributed by atoms with E-state index in [4.69, 9.17) is 4.74 Å². The summed E-state index contributed by atoms with van der Waals surface area (Å²) >= 11 is 1.49. The van der Waals surface area contributed by atoms with Gasteiger partial charge in [-0.25, -0.2) is 4.98 Å². The van der Waals surface area contributed by atoms with Gasteiger partial charge in [0.25, 0.3) is 0 Å². The third-order valence-electron chi connectivity index (χ3n) is 2.95. The van der Waals surface area contributed by atoms with E-state index in [1.165, 1.54) is 30.8 Å². The van der Waals surface area contributed by atoms with Crippen molar-refractivity contribution in [2.75, 3.05) is 25.1 Å². The monoisotopic (exact) mass is 225 g/mol. The Morgan fingerprint density at radius 3 is 3.07 bits per heavy atom. The van der Waals surface area contributed by atoms with E-state index in [2.05, 4.69) is 14.7 Å². The largest absolute Gasteiger partial charge is 0.381 e. The number of ether oxygens (including phenoxy) is 1. The molecule has 0 aromatic carbocycles. The zero-order chi connectivity index (χ0) is 10.1. The molecule has 1 aliphatic heterocycles. The SMILES string of the molecule is C1CC(CNc2nc(C3CC3)ns2)CO1. The lowest BCUT2D eigenvalue weighted by molar-refractivity contribution is 0.187. The zero-order valence-electron chi connectivity index (χ0n) is 8.61. The smallest absolute Gasteiger partial charge is 0.202 e. The maximum absolute atomic E-state index is 5.33. The van der Waals surface area contributed by atoms with Gasteiger partial charge >= 0.3 is 0 Å². The van der Waals surface area contributed by atoms with Gasteiger partial charge in [0.05, 0.1) is 6.61 Å². The van der Waals surface area contributed by atoms with Gasteiger partial charge in [-0.2, -0.15) is 4.37 Å². The number of aromatic nitrogens is 2. The van der Waals surface area contributed by atoms with Gasteiger partial charge in [0.2, 0.25) is 5.13 Å². The van der Waals surface area contributed by atoms with E-state index in [1.807, 2.05) is 0 Å². The zero-order valence-corrected chi connectivity index (χ0v) is 9.42. The quantitative estimate of drug-likeness (QED) is 0.849. The fourth-order valence-corrected chi connectivity index (χ4v) is 2.44. The van der Waals surface area contributed by atoms with E-state index < -0.39 is 0 Å². The molecule has 3 rings (SSSR count). The number of nitrogens with zero attached hydrogens (tertiary/aromatic N) is 2. The highest BCUT2D eigenvalue weighted by molar-refractivity contribution is 7.09.